The van der Waals surface area contributed by atoms with Crippen molar-refractivity contribution in [1.29, 1.82) is 0 Å². The topological polar surface area (TPSA) is 264 Å². The van der Waals surface area contributed by atoms with Gasteiger partial charge in [0.2, 0.25) is 18.2 Å². The molecule has 0 aromatic heterocycles. The first-order valence-electron chi connectivity index (χ1n) is 14.1. The molecule has 0 saturated heterocycles. The van der Waals surface area contributed by atoms with Crippen LogP contribution in [0.25, 0.3) is 0 Å². The summed E-state index contributed by atoms with van der Waals surface area (Å²) in [6.07, 6.45) is 3.81. The van der Waals surface area contributed by atoms with Gasteiger partial charge >= 0.3 is 11.9 Å². The monoisotopic (exact) mass is 658 g/mol. The van der Waals surface area contributed by atoms with Gasteiger partial charge in [-0.1, -0.05) is 13.8 Å². The molecular weight excluding hydrogens is 608 g/mol. The van der Waals surface area contributed by atoms with Crippen molar-refractivity contribution in [3.8, 4) is 0 Å². The number of aliphatic carboxylic acids is 2. The fourth-order valence-corrected chi connectivity index (χ4v) is 3.75. The fourth-order valence-electron chi connectivity index (χ4n) is 2.96. The Morgan fingerprint density at radius 1 is 0.886 bits per heavy atom. The van der Waals surface area contributed by atoms with E-state index in [2.05, 4.69) is 21.3 Å². The zero-order chi connectivity index (χ0) is 34.4. The second-order valence-electron chi connectivity index (χ2n) is 9.10. The van der Waals surface area contributed by atoms with E-state index < -0.39 is 57.6 Å². The molecule has 44 heavy (non-hydrogen) atoms. The van der Waals surface area contributed by atoms with Gasteiger partial charge in [0.1, 0.15) is 18.4 Å². The molecule has 0 aromatic rings. The summed E-state index contributed by atoms with van der Waals surface area (Å²) in [5.41, 5.74) is 0. The third-order valence-electron chi connectivity index (χ3n) is 5.23. The van der Waals surface area contributed by atoms with E-state index in [-0.39, 0.29) is 26.0 Å². The number of nitrogens with one attached hydrogen (secondary N) is 4. The largest absolute Gasteiger partial charge is 0.480 e. The van der Waals surface area contributed by atoms with Crippen LogP contribution in [0.15, 0.2) is 0 Å². The van der Waals surface area contributed by atoms with Gasteiger partial charge in [0, 0.05) is 26.0 Å². The summed E-state index contributed by atoms with van der Waals surface area (Å²) < 4.78 is 40.5. The highest BCUT2D eigenvalue weighted by molar-refractivity contribution is 7.85. The summed E-state index contributed by atoms with van der Waals surface area (Å²) in [5, 5.41) is 27.7. The molecule has 0 fully saturated rings. The van der Waals surface area contributed by atoms with Crippen molar-refractivity contribution in [3.05, 3.63) is 0 Å². The molecule has 17 nitrogen and oxygen atoms in total. The molecule has 0 rings (SSSR count). The van der Waals surface area contributed by atoms with E-state index >= 15 is 0 Å². The first kappa shape index (κ1) is 45.2. The number of carboxylic acid groups (broad SMARTS) is 2. The summed E-state index contributed by atoms with van der Waals surface area (Å²) in [4.78, 5) is 64.4. The van der Waals surface area contributed by atoms with Gasteiger partial charge in [-0.05, 0) is 46.2 Å². The van der Waals surface area contributed by atoms with Crippen LogP contribution >= 0.6 is 0 Å². The van der Waals surface area contributed by atoms with Crippen molar-refractivity contribution >= 4 is 46.6 Å². The lowest BCUT2D eigenvalue weighted by Gasteiger charge is -2.17. The SMILES string of the molecule is CCC=O.CCOCCOCCNC(=O)CCC(NC(=O)C(C)CS(=O)(=O)O)C(=O)O.CNCCCCC(NC=O)C(=O)O. The van der Waals surface area contributed by atoms with Crippen LogP contribution in [0.1, 0.15) is 59.3 Å². The van der Waals surface area contributed by atoms with Crippen LogP contribution in [0, 0.1) is 5.92 Å². The Kier molecular flexibility index (Phi) is 30.7. The third-order valence-corrected chi connectivity index (χ3v) is 6.15. The minimum atomic E-state index is -4.36. The highest BCUT2D eigenvalue weighted by Gasteiger charge is 2.26. The number of hydrogen-bond acceptors (Lipinski definition) is 11. The van der Waals surface area contributed by atoms with E-state index in [0.717, 1.165) is 25.7 Å². The lowest BCUT2D eigenvalue weighted by atomic mass is 10.1. The van der Waals surface area contributed by atoms with E-state index in [1.54, 1.807) is 0 Å². The molecule has 0 bridgehead atoms. The maximum atomic E-state index is 11.8. The number of unbranched alkanes of at least 4 members (excludes halogenated alkanes) is 1. The maximum Gasteiger partial charge on any atom is 0.326 e. The molecule has 0 radical (unpaired) electrons. The van der Waals surface area contributed by atoms with Crippen molar-refractivity contribution in [1.82, 2.24) is 21.3 Å². The molecule has 0 saturated carbocycles. The molecule has 0 aromatic carbocycles. The van der Waals surface area contributed by atoms with E-state index in [1.165, 1.54) is 6.92 Å². The summed E-state index contributed by atoms with van der Waals surface area (Å²) in [5.74, 6) is -5.54. The highest BCUT2D eigenvalue weighted by Crippen LogP contribution is 2.04. The van der Waals surface area contributed by atoms with Crippen LogP contribution in [-0.2, 0) is 48.4 Å². The quantitative estimate of drug-likeness (QED) is 0.0380. The number of ether oxygens (including phenoxy) is 2. The predicted molar refractivity (Wildman–Crippen MR) is 159 cm³/mol. The Labute approximate surface area is 258 Å². The van der Waals surface area contributed by atoms with Crippen molar-refractivity contribution in [3.63, 3.8) is 0 Å². The van der Waals surface area contributed by atoms with Crippen LogP contribution < -0.4 is 21.3 Å². The predicted octanol–water partition coefficient (Wildman–Crippen LogP) is -0.800. The maximum absolute atomic E-state index is 11.8. The smallest absolute Gasteiger partial charge is 0.326 e. The molecule has 3 atom stereocenters. The van der Waals surface area contributed by atoms with Crippen LogP contribution in [0.5, 0.6) is 0 Å². The number of aldehydes is 1. The summed E-state index contributed by atoms with van der Waals surface area (Å²) >= 11 is 0. The van der Waals surface area contributed by atoms with Crippen molar-refractivity contribution < 1.29 is 61.4 Å². The van der Waals surface area contributed by atoms with E-state index in [1.807, 2.05) is 20.9 Å². The van der Waals surface area contributed by atoms with Crippen LogP contribution in [0.3, 0.4) is 0 Å². The Morgan fingerprint density at radius 3 is 1.95 bits per heavy atom. The average molecular weight is 659 g/mol. The summed E-state index contributed by atoms with van der Waals surface area (Å²) in [6, 6.07) is -2.09. The van der Waals surface area contributed by atoms with Crippen molar-refractivity contribution in [2.75, 3.05) is 52.3 Å². The van der Waals surface area contributed by atoms with Gasteiger partial charge in [0.05, 0.1) is 31.5 Å². The molecule has 18 heteroatoms. The van der Waals surface area contributed by atoms with Gasteiger partial charge in [-0.15, -0.1) is 0 Å². The lowest BCUT2D eigenvalue weighted by Crippen LogP contribution is -2.45. The summed E-state index contributed by atoms with van der Waals surface area (Å²) in [6.45, 7) is 7.77. The lowest BCUT2D eigenvalue weighted by molar-refractivity contribution is -0.142. The minimum Gasteiger partial charge on any atom is -0.480 e. The van der Waals surface area contributed by atoms with Gasteiger partial charge < -0.3 is 45.7 Å². The minimum absolute atomic E-state index is 0.150. The third kappa shape index (κ3) is 31.7. The van der Waals surface area contributed by atoms with E-state index in [9.17, 15) is 37.2 Å². The normalized spacial score (nSPS) is 12.5. The van der Waals surface area contributed by atoms with E-state index in [0.29, 0.717) is 39.1 Å². The van der Waals surface area contributed by atoms with Crippen LogP contribution in [0.4, 0.5) is 0 Å². The van der Waals surface area contributed by atoms with Gasteiger partial charge in [-0.2, -0.15) is 8.42 Å². The first-order valence-corrected chi connectivity index (χ1v) is 15.7. The van der Waals surface area contributed by atoms with Crippen LogP contribution in [-0.4, -0.2) is 124 Å². The molecule has 0 heterocycles. The van der Waals surface area contributed by atoms with Gasteiger partial charge in [0.25, 0.3) is 10.1 Å². The zero-order valence-electron chi connectivity index (χ0n) is 25.9. The Hall–Kier alpha value is -3.19. The number of hydrogen-bond donors (Lipinski definition) is 7. The second-order valence-corrected chi connectivity index (χ2v) is 10.6. The van der Waals surface area contributed by atoms with Crippen molar-refractivity contribution in [2.45, 2.75) is 71.4 Å². The molecule has 3 amide bonds. The van der Waals surface area contributed by atoms with E-state index in [4.69, 9.17) is 24.2 Å². The first-order chi connectivity index (χ1) is 20.7. The number of amides is 3. The molecule has 0 aliphatic carbocycles. The fraction of sp³-hybridized carbons (Fsp3) is 0.769. The van der Waals surface area contributed by atoms with Gasteiger partial charge in [0.15, 0.2) is 0 Å². The number of rotatable bonds is 24. The summed E-state index contributed by atoms with van der Waals surface area (Å²) in [7, 11) is -2.52. The standard InChI is InChI=1S/C15H28N2O9S.C8H16N2O3.C3H6O/c1-3-25-8-9-26-7-6-16-13(18)5-4-12(15(20)21)17-14(19)11(2)10-27(22,23)24;1-9-5-3-2-4-7(8(12)13)10-6-11;1-2-3-4/h11-12H,3-10H2,1-2H3,(H,16,18)(H,17,19)(H,20,21)(H,22,23,24);6-7,9H,2-5H2,1H3,(H,10,11)(H,12,13);3H,2H2,1H3. The van der Waals surface area contributed by atoms with Gasteiger partial charge in [-0.3, -0.25) is 18.9 Å². The molecular formula is C26H50N4O13S. The molecule has 7 N–H and O–H groups in total. The molecule has 3 unspecified atom stereocenters. The van der Waals surface area contributed by atoms with Gasteiger partial charge in [-0.25, -0.2) is 9.59 Å². The molecule has 258 valence electrons. The van der Waals surface area contributed by atoms with Crippen molar-refractivity contribution in [2.24, 2.45) is 5.92 Å². The Bertz CT molecular complexity index is 920. The average Bonchev–Trinajstić information content (AvgIpc) is 2.95. The number of carbonyl (C=O) groups excluding carboxylic acids is 4. The highest BCUT2D eigenvalue weighted by atomic mass is 32.2. The Balaban J connectivity index is -0.000000817. The molecule has 0 spiro atoms. The molecule has 0 aliphatic rings. The van der Waals surface area contributed by atoms with Crippen LogP contribution in [0.2, 0.25) is 0 Å². The number of carboxylic acids is 2. The molecule has 0 aliphatic heterocycles. The Morgan fingerprint density at radius 2 is 1.48 bits per heavy atom. The zero-order valence-corrected chi connectivity index (χ0v) is 26.7. The second kappa shape index (κ2) is 29.9. The number of carbonyl (C=O) groups is 6.